The molecule has 14 heavy (non-hydrogen) atoms. The van der Waals surface area contributed by atoms with Crippen molar-refractivity contribution >= 4 is 12.0 Å². The molecule has 0 aliphatic rings. The number of halogens is 3. The summed E-state index contributed by atoms with van der Waals surface area (Å²) in [6.07, 6.45) is -1.38. The van der Waals surface area contributed by atoms with E-state index in [1.165, 1.54) is 6.92 Å². The molecule has 0 rings (SSSR count). The van der Waals surface area contributed by atoms with Gasteiger partial charge in [0, 0.05) is 11.8 Å². The lowest BCUT2D eigenvalue weighted by Gasteiger charge is -2.03. The van der Waals surface area contributed by atoms with Crippen LogP contribution in [0.2, 0.25) is 0 Å². The van der Waals surface area contributed by atoms with E-state index < -0.39 is 11.7 Å². The van der Waals surface area contributed by atoms with Gasteiger partial charge in [0.2, 0.25) is 0 Å². The zero-order valence-corrected chi connectivity index (χ0v) is 7.64. The number of ketones is 1. The predicted octanol–water partition coefficient (Wildman–Crippen LogP) is 2.32. The minimum Gasteiger partial charge on any atom is -0.298 e. The molecule has 0 fully saturated rings. The summed E-state index contributed by atoms with van der Waals surface area (Å²) in [5.74, 6) is -0.149. The lowest BCUT2D eigenvalue weighted by Crippen LogP contribution is -2.08. The molecule has 0 spiro atoms. The van der Waals surface area contributed by atoms with Gasteiger partial charge < -0.3 is 0 Å². The molecule has 0 radical (unpaired) electrons. The lowest BCUT2D eigenvalue weighted by atomic mass is 10.3. The number of nitrogens with zero attached hydrogens (tertiary/aromatic N) is 1. The van der Waals surface area contributed by atoms with Gasteiger partial charge in [0.1, 0.15) is 0 Å². The Morgan fingerprint density at radius 3 is 2.50 bits per heavy atom. The molecule has 0 aromatic rings. The van der Waals surface area contributed by atoms with Crippen LogP contribution in [-0.4, -0.2) is 24.7 Å². The van der Waals surface area contributed by atoms with Gasteiger partial charge in [-0.2, -0.15) is 13.2 Å². The molecule has 0 aliphatic carbocycles. The zero-order chi connectivity index (χ0) is 11.2. The van der Waals surface area contributed by atoms with Gasteiger partial charge >= 0.3 is 6.18 Å². The molecule has 0 aromatic heterocycles. The van der Waals surface area contributed by atoms with Gasteiger partial charge in [0.15, 0.2) is 5.78 Å². The maximum absolute atomic E-state index is 11.8. The summed E-state index contributed by atoms with van der Waals surface area (Å²) in [6.45, 7) is 4.14. The summed E-state index contributed by atoms with van der Waals surface area (Å²) in [4.78, 5) is 13.9. The van der Waals surface area contributed by atoms with Crippen LogP contribution in [0, 0.1) is 0 Å². The molecule has 2 nitrogen and oxygen atoms in total. The van der Waals surface area contributed by atoms with E-state index in [-0.39, 0.29) is 12.3 Å². The number of Topliss-reactive ketones (excluding diaryl/α,β-unsaturated/α-hetero) is 1. The highest BCUT2D eigenvalue weighted by atomic mass is 19.4. The highest BCUT2D eigenvalue weighted by Gasteiger charge is 2.29. The first-order chi connectivity index (χ1) is 6.34. The Bertz CT molecular complexity index is 276. The number of hydrogen-bond donors (Lipinski definition) is 0. The third-order valence-electron chi connectivity index (χ3n) is 1.17. The molecule has 5 heteroatoms. The van der Waals surface area contributed by atoms with E-state index in [0.29, 0.717) is 0 Å². The van der Waals surface area contributed by atoms with Crippen molar-refractivity contribution in [1.82, 2.24) is 0 Å². The molecule has 0 amide bonds. The molecule has 0 bridgehead atoms. The maximum atomic E-state index is 11.8. The molecule has 0 aromatic carbocycles. The van der Waals surface area contributed by atoms with Crippen LogP contribution in [0.4, 0.5) is 13.2 Å². The number of alkyl halides is 3. The van der Waals surface area contributed by atoms with E-state index in [4.69, 9.17) is 0 Å². The van der Waals surface area contributed by atoms with Crippen molar-refractivity contribution in [3.8, 4) is 0 Å². The van der Waals surface area contributed by atoms with E-state index in [1.54, 1.807) is 0 Å². The van der Waals surface area contributed by atoms with E-state index in [2.05, 4.69) is 11.6 Å². The highest BCUT2D eigenvalue weighted by Crippen LogP contribution is 2.24. The first-order valence-electron chi connectivity index (χ1n) is 3.76. The molecule has 78 valence electrons. The summed E-state index contributed by atoms with van der Waals surface area (Å²) in [5, 5.41) is 0. The second-order valence-corrected chi connectivity index (χ2v) is 2.57. The summed E-state index contributed by atoms with van der Waals surface area (Å²) in [5.41, 5.74) is -0.952. The van der Waals surface area contributed by atoms with E-state index >= 15 is 0 Å². The van der Waals surface area contributed by atoms with Gasteiger partial charge in [-0.05, 0) is 19.1 Å². The zero-order valence-electron chi connectivity index (χ0n) is 7.64. The Labute approximate surface area is 79.8 Å². The van der Waals surface area contributed by atoms with Crippen molar-refractivity contribution in [2.75, 3.05) is 6.54 Å². The van der Waals surface area contributed by atoms with Crippen molar-refractivity contribution < 1.29 is 18.0 Å². The first-order valence-corrected chi connectivity index (χ1v) is 3.76. The van der Waals surface area contributed by atoms with Crippen molar-refractivity contribution in [2.24, 2.45) is 4.99 Å². The van der Waals surface area contributed by atoms with Gasteiger partial charge in [-0.3, -0.25) is 9.79 Å². The van der Waals surface area contributed by atoms with Crippen LogP contribution in [0.5, 0.6) is 0 Å². The molecule has 0 saturated heterocycles. The molecule has 0 unspecified atom stereocenters. The molecule has 0 saturated carbocycles. The van der Waals surface area contributed by atoms with Crippen LogP contribution in [0.1, 0.15) is 6.92 Å². The maximum Gasteiger partial charge on any atom is 0.415 e. The summed E-state index contributed by atoms with van der Waals surface area (Å²) < 4.78 is 35.5. The van der Waals surface area contributed by atoms with Crippen LogP contribution < -0.4 is 0 Å². The monoisotopic (exact) mass is 205 g/mol. The second kappa shape index (κ2) is 5.36. The minimum absolute atomic E-state index is 0.0250. The van der Waals surface area contributed by atoms with E-state index in [1.807, 2.05) is 0 Å². The molecule has 0 N–H and O–H groups in total. The fourth-order valence-electron chi connectivity index (χ4n) is 0.496. The molecule has 0 aliphatic heterocycles. The van der Waals surface area contributed by atoms with Gasteiger partial charge in [0.25, 0.3) is 0 Å². The van der Waals surface area contributed by atoms with Gasteiger partial charge in [0.05, 0.1) is 6.54 Å². The average Bonchev–Trinajstić information content (AvgIpc) is 2.01. The SMILES string of the molecule is C=C(/C=C\C=NCC(C)=O)C(F)(F)F. The van der Waals surface area contributed by atoms with Crippen LogP contribution in [-0.2, 0) is 4.79 Å². The Kier molecular flexibility index (Phi) is 4.83. The average molecular weight is 205 g/mol. The number of allylic oxidation sites excluding steroid dienone is 3. The Hall–Kier alpha value is -1.39. The van der Waals surface area contributed by atoms with Crippen LogP contribution >= 0.6 is 0 Å². The number of rotatable bonds is 4. The highest BCUT2D eigenvalue weighted by molar-refractivity contribution is 5.81. The quantitative estimate of drug-likeness (QED) is 0.511. The third-order valence-corrected chi connectivity index (χ3v) is 1.17. The Balaban J connectivity index is 4.02. The Morgan fingerprint density at radius 2 is 2.07 bits per heavy atom. The van der Waals surface area contributed by atoms with Gasteiger partial charge in [-0.15, -0.1) is 0 Å². The van der Waals surface area contributed by atoms with Crippen molar-refractivity contribution in [3.63, 3.8) is 0 Å². The number of carbonyl (C=O) groups excluding carboxylic acids is 1. The van der Waals surface area contributed by atoms with Crippen molar-refractivity contribution in [3.05, 3.63) is 24.3 Å². The van der Waals surface area contributed by atoms with E-state index in [9.17, 15) is 18.0 Å². The fraction of sp³-hybridized carbons (Fsp3) is 0.333. The van der Waals surface area contributed by atoms with Crippen LogP contribution in [0.25, 0.3) is 0 Å². The lowest BCUT2D eigenvalue weighted by molar-refractivity contribution is -0.115. The van der Waals surface area contributed by atoms with Crippen LogP contribution in [0.3, 0.4) is 0 Å². The topological polar surface area (TPSA) is 29.4 Å². The molecule has 0 atom stereocenters. The number of carbonyl (C=O) groups is 1. The fourth-order valence-corrected chi connectivity index (χ4v) is 0.496. The van der Waals surface area contributed by atoms with E-state index in [0.717, 1.165) is 18.4 Å². The smallest absolute Gasteiger partial charge is 0.298 e. The van der Waals surface area contributed by atoms with Gasteiger partial charge in [-0.1, -0.05) is 6.58 Å². The number of aliphatic imine (C=N–C) groups is 1. The second-order valence-electron chi connectivity index (χ2n) is 2.57. The Morgan fingerprint density at radius 1 is 1.50 bits per heavy atom. The van der Waals surface area contributed by atoms with Gasteiger partial charge in [-0.25, -0.2) is 0 Å². The standard InChI is InChI=1S/C9H10F3NO/c1-7(9(10,11)12)4-3-5-13-6-8(2)14/h3-5H,1,6H2,2H3/b4-3-,13-5?. The largest absolute Gasteiger partial charge is 0.415 e. The summed E-state index contributed by atoms with van der Waals surface area (Å²) in [7, 11) is 0. The normalized spacial score (nSPS) is 12.6. The molecular weight excluding hydrogens is 195 g/mol. The summed E-state index contributed by atoms with van der Waals surface area (Å²) in [6, 6.07) is 0. The minimum atomic E-state index is -4.41. The third kappa shape index (κ3) is 6.16. The number of hydrogen-bond acceptors (Lipinski definition) is 2. The van der Waals surface area contributed by atoms with Crippen LogP contribution in [0.15, 0.2) is 29.3 Å². The predicted molar refractivity (Wildman–Crippen MR) is 48.4 cm³/mol. The van der Waals surface area contributed by atoms with Crippen molar-refractivity contribution in [2.45, 2.75) is 13.1 Å². The summed E-state index contributed by atoms with van der Waals surface area (Å²) >= 11 is 0. The first kappa shape index (κ1) is 12.6. The molecular formula is C9H10F3NO. The molecule has 0 heterocycles. The van der Waals surface area contributed by atoms with Crippen molar-refractivity contribution in [1.29, 1.82) is 0 Å².